The van der Waals surface area contributed by atoms with Gasteiger partial charge in [-0.2, -0.15) is 5.10 Å². The Hall–Kier alpha value is -4.07. The van der Waals surface area contributed by atoms with Gasteiger partial charge in [-0.1, -0.05) is 29.8 Å². The molecule has 1 aliphatic rings. The first-order valence-corrected chi connectivity index (χ1v) is 10.4. The smallest absolute Gasteiger partial charge is 0.338 e. The fourth-order valence-corrected chi connectivity index (χ4v) is 3.60. The molecular formula is C25H24N2O6. The number of carbonyl (C=O) groups is 2. The lowest BCUT2D eigenvalue weighted by molar-refractivity contribution is -0.136. The Balaban J connectivity index is 1.50. The summed E-state index contributed by atoms with van der Waals surface area (Å²) in [6.07, 6.45) is 2.05. The van der Waals surface area contributed by atoms with Gasteiger partial charge in [-0.3, -0.25) is 4.79 Å². The van der Waals surface area contributed by atoms with Crippen LogP contribution >= 0.6 is 0 Å². The first-order chi connectivity index (χ1) is 16.0. The van der Waals surface area contributed by atoms with Crippen LogP contribution in [0.3, 0.4) is 0 Å². The number of furan rings is 1. The van der Waals surface area contributed by atoms with E-state index in [0.29, 0.717) is 23.7 Å². The monoisotopic (exact) mass is 448 g/mol. The van der Waals surface area contributed by atoms with E-state index in [9.17, 15) is 9.59 Å². The molecule has 0 N–H and O–H groups in total. The van der Waals surface area contributed by atoms with Crippen molar-refractivity contribution < 1.29 is 28.2 Å². The molecule has 3 aromatic rings. The third-order valence-corrected chi connectivity index (χ3v) is 5.37. The van der Waals surface area contributed by atoms with Crippen LogP contribution in [-0.2, 0) is 9.53 Å². The minimum absolute atomic E-state index is 0.244. The Morgan fingerprint density at radius 1 is 1.06 bits per heavy atom. The van der Waals surface area contributed by atoms with Crippen molar-refractivity contribution in [3.05, 3.63) is 83.3 Å². The zero-order valence-electron chi connectivity index (χ0n) is 18.6. The number of hydrazone groups is 1. The maximum atomic E-state index is 13.0. The van der Waals surface area contributed by atoms with Crippen molar-refractivity contribution in [2.75, 3.05) is 20.8 Å². The standard InChI is InChI=1S/C25H24N2O6/c1-16-6-8-17(9-7-16)19-14-20(21-5-4-12-32-21)27(26-19)24(28)15-33-25(29)18-10-11-22(30-2)23(13-18)31-3/h4-13,20H,14-15H2,1-3H3. The van der Waals surface area contributed by atoms with Gasteiger partial charge in [0.1, 0.15) is 11.8 Å². The summed E-state index contributed by atoms with van der Waals surface area (Å²) in [6, 6.07) is 15.7. The molecule has 170 valence electrons. The van der Waals surface area contributed by atoms with E-state index < -0.39 is 24.5 Å². The molecule has 8 heteroatoms. The van der Waals surface area contributed by atoms with Crippen LogP contribution in [0.1, 0.15) is 39.7 Å². The second kappa shape index (κ2) is 9.60. The van der Waals surface area contributed by atoms with E-state index in [0.717, 1.165) is 16.8 Å². The number of aryl methyl sites for hydroxylation is 1. The third-order valence-electron chi connectivity index (χ3n) is 5.37. The van der Waals surface area contributed by atoms with Crippen molar-refractivity contribution in [2.24, 2.45) is 5.10 Å². The second-order valence-corrected chi connectivity index (χ2v) is 7.53. The predicted molar refractivity (Wildman–Crippen MR) is 120 cm³/mol. The summed E-state index contributed by atoms with van der Waals surface area (Å²) < 4.78 is 21.2. The highest BCUT2D eigenvalue weighted by molar-refractivity contribution is 6.03. The molecule has 2 aromatic carbocycles. The second-order valence-electron chi connectivity index (χ2n) is 7.53. The lowest BCUT2D eigenvalue weighted by Crippen LogP contribution is -2.31. The molecular weight excluding hydrogens is 424 g/mol. The van der Waals surface area contributed by atoms with E-state index in [2.05, 4.69) is 5.10 Å². The molecule has 0 saturated carbocycles. The highest BCUT2D eigenvalue weighted by Crippen LogP contribution is 2.33. The molecule has 1 amide bonds. The number of hydrogen-bond donors (Lipinski definition) is 0. The Bertz CT molecular complexity index is 1170. The number of benzene rings is 2. The fourth-order valence-electron chi connectivity index (χ4n) is 3.60. The van der Waals surface area contributed by atoms with E-state index in [-0.39, 0.29) is 5.56 Å². The van der Waals surface area contributed by atoms with Gasteiger partial charge in [0.2, 0.25) is 0 Å². The highest BCUT2D eigenvalue weighted by Gasteiger charge is 2.35. The molecule has 0 fully saturated rings. The van der Waals surface area contributed by atoms with Crippen LogP contribution in [0.25, 0.3) is 0 Å². The summed E-state index contributed by atoms with van der Waals surface area (Å²) in [4.78, 5) is 25.5. The number of nitrogens with zero attached hydrogens (tertiary/aromatic N) is 2. The molecule has 0 radical (unpaired) electrons. The van der Waals surface area contributed by atoms with Gasteiger partial charge in [0.05, 0.1) is 31.8 Å². The van der Waals surface area contributed by atoms with Gasteiger partial charge in [-0.15, -0.1) is 0 Å². The zero-order chi connectivity index (χ0) is 23.4. The number of methoxy groups -OCH3 is 2. The summed E-state index contributed by atoms with van der Waals surface area (Å²) in [5.74, 6) is 0.387. The molecule has 0 spiro atoms. The van der Waals surface area contributed by atoms with Crippen LogP contribution < -0.4 is 9.47 Å². The maximum Gasteiger partial charge on any atom is 0.338 e. The first-order valence-electron chi connectivity index (χ1n) is 10.4. The number of esters is 1. The Morgan fingerprint density at radius 2 is 1.82 bits per heavy atom. The van der Waals surface area contributed by atoms with Crippen molar-refractivity contribution in [1.82, 2.24) is 5.01 Å². The Morgan fingerprint density at radius 3 is 2.48 bits per heavy atom. The van der Waals surface area contributed by atoms with Gasteiger partial charge < -0.3 is 18.6 Å². The highest BCUT2D eigenvalue weighted by atomic mass is 16.5. The number of rotatable bonds is 7. The van der Waals surface area contributed by atoms with Crippen molar-refractivity contribution >= 4 is 17.6 Å². The Kier molecular flexibility index (Phi) is 6.44. The minimum Gasteiger partial charge on any atom is -0.493 e. The topological polar surface area (TPSA) is 90.6 Å². The van der Waals surface area contributed by atoms with Crippen molar-refractivity contribution in [2.45, 2.75) is 19.4 Å². The van der Waals surface area contributed by atoms with Gasteiger partial charge in [-0.25, -0.2) is 9.80 Å². The van der Waals surface area contributed by atoms with E-state index in [1.54, 1.807) is 30.5 Å². The summed E-state index contributed by atoms with van der Waals surface area (Å²) in [6.45, 7) is 1.55. The summed E-state index contributed by atoms with van der Waals surface area (Å²) >= 11 is 0. The minimum atomic E-state index is -0.652. The predicted octanol–water partition coefficient (Wildman–Crippen LogP) is 4.14. The Labute approximate surface area is 191 Å². The fraction of sp³-hybridized carbons (Fsp3) is 0.240. The molecule has 33 heavy (non-hydrogen) atoms. The SMILES string of the molecule is COc1ccc(C(=O)OCC(=O)N2N=C(c3ccc(C)cc3)CC2c2ccco2)cc1OC. The molecule has 1 unspecified atom stereocenters. The number of ether oxygens (including phenoxy) is 3. The molecule has 0 saturated heterocycles. The number of carbonyl (C=O) groups excluding carboxylic acids is 2. The first kappa shape index (κ1) is 22.1. The number of amides is 1. The van der Waals surface area contributed by atoms with Gasteiger partial charge in [0.15, 0.2) is 18.1 Å². The molecule has 0 bridgehead atoms. The summed E-state index contributed by atoms with van der Waals surface area (Å²) in [7, 11) is 2.98. The van der Waals surface area contributed by atoms with E-state index in [1.807, 2.05) is 31.2 Å². The quantitative estimate of drug-likeness (QED) is 0.505. The average Bonchev–Trinajstić information content (AvgIpc) is 3.52. The average molecular weight is 448 g/mol. The van der Waals surface area contributed by atoms with E-state index in [4.69, 9.17) is 18.6 Å². The lowest BCUT2D eigenvalue weighted by Gasteiger charge is -2.19. The lowest BCUT2D eigenvalue weighted by atomic mass is 10.0. The maximum absolute atomic E-state index is 13.0. The molecule has 2 heterocycles. The molecule has 0 aliphatic carbocycles. The molecule has 1 aliphatic heterocycles. The van der Waals surface area contributed by atoms with Crippen LogP contribution in [0.2, 0.25) is 0 Å². The molecule has 4 rings (SSSR count). The molecule has 1 aromatic heterocycles. The molecule has 1 atom stereocenters. The van der Waals surface area contributed by atoms with Crippen LogP contribution in [-0.4, -0.2) is 43.4 Å². The van der Waals surface area contributed by atoms with Gasteiger partial charge in [0, 0.05) is 6.42 Å². The molecule has 8 nitrogen and oxygen atoms in total. The largest absolute Gasteiger partial charge is 0.493 e. The van der Waals surface area contributed by atoms with Gasteiger partial charge in [0.25, 0.3) is 5.91 Å². The van der Waals surface area contributed by atoms with Crippen LogP contribution in [0.5, 0.6) is 11.5 Å². The van der Waals surface area contributed by atoms with Crippen molar-refractivity contribution in [1.29, 1.82) is 0 Å². The van der Waals surface area contributed by atoms with Crippen molar-refractivity contribution in [3.63, 3.8) is 0 Å². The van der Waals surface area contributed by atoms with Crippen molar-refractivity contribution in [3.8, 4) is 11.5 Å². The summed E-state index contributed by atoms with van der Waals surface area (Å²) in [5.41, 5.74) is 3.06. The van der Waals surface area contributed by atoms with Gasteiger partial charge >= 0.3 is 5.97 Å². The summed E-state index contributed by atoms with van der Waals surface area (Å²) in [5, 5.41) is 5.87. The zero-order valence-corrected chi connectivity index (χ0v) is 18.6. The third kappa shape index (κ3) is 4.74. The van der Waals surface area contributed by atoms with Crippen LogP contribution in [0.15, 0.2) is 70.4 Å². The normalized spacial score (nSPS) is 15.2. The van der Waals surface area contributed by atoms with E-state index >= 15 is 0 Å². The van der Waals surface area contributed by atoms with Crippen LogP contribution in [0, 0.1) is 6.92 Å². The number of hydrogen-bond acceptors (Lipinski definition) is 7. The van der Waals surface area contributed by atoms with E-state index in [1.165, 1.54) is 25.3 Å². The van der Waals surface area contributed by atoms with Crippen LogP contribution in [0.4, 0.5) is 0 Å². The van der Waals surface area contributed by atoms with Gasteiger partial charge in [-0.05, 0) is 42.8 Å².